The first-order valence-electron chi connectivity index (χ1n) is 10.7. The number of hydrogen-bond acceptors (Lipinski definition) is 3. The fourth-order valence-electron chi connectivity index (χ4n) is 4.07. The number of hydrogen-bond donors (Lipinski definition) is 2. The summed E-state index contributed by atoms with van der Waals surface area (Å²) in [5, 5.41) is 6.93. The number of likely N-dealkylation sites (N-methyl/N-ethyl adjacent to an activating group) is 1. The van der Waals surface area contributed by atoms with E-state index in [2.05, 4.69) is 39.3 Å². The van der Waals surface area contributed by atoms with E-state index in [1.807, 2.05) is 13.1 Å². The molecule has 3 rings (SSSR count). The van der Waals surface area contributed by atoms with Gasteiger partial charge in [0, 0.05) is 58.3 Å². The van der Waals surface area contributed by atoms with Gasteiger partial charge >= 0.3 is 0 Å². The fourth-order valence-corrected chi connectivity index (χ4v) is 4.07. The zero-order valence-electron chi connectivity index (χ0n) is 17.7. The molecule has 1 atom stereocenters. The highest BCUT2D eigenvalue weighted by Gasteiger charge is 2.44. The summed E-state index contributed by atoms with van der Waals surface area (Å²) in [5.41, 5.74) is 1.15. The molecule has 0 bridgehead atoms. The van der Waals surface area contributed by atoms with Crippen LogP contribution >= 0.6 is 0 Å². The number of aliphatic imine (C=N–C) groups is 1. The van der Waals surface area contributed by atoms with Crippen LogP contribution in [-0.4, -0.2) is 75.2 Å². The van der Waals surface area contributed by atoms with E-state index < -0.39 is 0 Å². The number of halogens is 1. The molecule has 1 aromatic rings. The monoisotopic (exact) mass is 389 g/mol. The van der Waals surface area contributed by atoms with Gasteiger partial charge in [-0.05, 0) is 43.0 Å². The van der Waals surface area contributed by atoms with E-state index in [9.17, 15) is 4.39 Å². The molecule has 1 saturated heterocycles. The maximum atomic E-state index is 13.6. The van der Waals surface area contributed by atoms with Gasteiger partial charge in [-0.3, -0.25) is 4.99 Å². The molecule has 6 heteroatoms. The van der Waals surface area contributed by atoms with Crippen LogP contribution in [0.3, 0.4) is 0 Å². The molecule has 0 radical (unpaired) electrons. The largest absolute Gasteiger partial charge is 0.356 e. The lowest BCUT2D eigenvalue weighted by Gasteiger charge is -2.35. The Bertz CT molecular complexity index is 650. The van der Waals surface area contributed by atoms with Gasteiger partial charge in [0.2, 0.25) is 0 Å². The number of nitrogens with one attached hydrogen (secondary N) is 2. The second-order valence-electron chi connectivity index (χ2n) is 8.44. The first-order valence-corrected chi connectivity index (χ1v) is 10.7. The smallest absolute Gasteiger partial charge is 0.191 e. The molecule has 2 aliphatic rings. The standard InChI is InChI=1S/C22H36FN5/c1-4-27-10-12-28(13-11-27)16-18(2)15-25-21(24-3)26-17-22(8-9-22)19-6-5-7-20(23)14-19/h5-7,14,18H,4,8-13,15-17H2,1-3H3,(H2,24,25,26). The third-order valence-corrected chi connectivity index (χ3v) is 6.21. The minimum Gasteiger partial charge on any atom is -0.356 e. The van der Waals surface area contributed by atoms with Crippen molar-refractivity contribution in [3.05, 3.63) is 35.6 Å². The van der Waals surface area contributed by atoms with E-state index in [1.54, 1.807) is 12.1 Å². The number of nitrogens with zero attached hydrogens (tertiary/aromatic N) is 3. The summed E-state index contributed by atoms with van der Waals surface area (Å²) in [4.78, 5) is 9.45. The molecule has 156 valence electrons. The number of guanidine groups is 1. The van der Waals surface area contributed by atoms with Crippen molar-refractivity contribution in [1.29, 1.82) is 0 Å². The maximum Gasteiger partial charge on any atom is 0.191 e. The Morgan fingerprint density at radius 1 is 1.18 bits per heavy atom. The van der Waals surface area contributed by atoms with Crippen molar-refractivity contribution in [2.75, 3.05) is 59.4 Å². The van der Waals surface area contributed by atoms with Gasteiger partial charge in [0.15, 0.2) is 5.96 Å². The third kappa shape index (κ3) is 5.67. The van der Waals surface area contributed by atoms with Gasteiger partial charge in [-0.2, -0.15) is 0 Å². The van der Waals surface area contributed by atoms with Gasteiger partial charge in [-0.1, -0.05) is 26.0 Å². The molecule has 1 saturated carbocycles. The molecule has 28 heavy (non-hydrogen) atoms. The number of rotatable bonds is 8. The summed E-state index contributed by atoms with van der Waals surface area (Å²) in [6.45, 7) is 13.2. The Labute approximate surface area is 169 Å². The summed E-state index contributed by atoms with van der Waals surface area (Å²) >= 11 is 0. The Balaban J connectivity index is 1.40. The maximum absolute atomic E-state index is 13.6. The van der Waals surface area contributed by atoms with Gasteiger partial charge in [-0.25, -0.2) is 4.39 Å². The van der Waals surface area contributed by atoms with Crippen molar-refractivity contribution in [2.24, 2.45) is 10.9 Å². The Kier molecular flexibility index (Phi) is 7.30. The topological polar surface area (TPSA) is 42.9 Å². The Hall–Kier alpha value is -1.66. The highest BCUT2D eigenvalue weighted by Crippen LogP contribution is 2.47. The minimum atomic E-state index is -0.153. The van der Waals surface area contributed by atoms with E-state index in [1.165, 1.54) is 32.2 Å². The molecule has 1 aliphatic carbocycles. The highest BCUT2D eigenvalue weighted by atomic mass is 19.1. The normalized spacial score (nSPS) is 21.4. The van der Waals surface area contributed by atoms with Crippen LogP contribution < -0.4 is 10.6 Å². The number of piperazine rings is 1. The van der Waals surface area contributed by atoms with Crippen LogP contribution in [0.5, 0.6) is 0 Å². The molecule has 1 aliphatic heterocycles. The molecule has 0 aromatic heterocycles. The first kappa shape index (κ1) is 21.1. The van der Waals surface area contributed by atoms with E-state index >= 15 is 0 Å². The van der Waals surface area contributed by atoms with E-state index in [-0.39, 0.29) is 11.2 Å². The zero-order valence-corrected chi connectivity index (χ0v) is 17.7. The highest BCUT2D eigenvalue weighted by molar-refractivity contribution is 5.79. The molecule has 2 fully saturated rings. The average molecular weight is 390 g/mol. The van der Waals surface area contributed by atoms with E-state index in [0.29, 0.717) is 5.92 Å². The van der Waals surface area contributed by atoms with Crippen LogP contribution in [0, 0.1) is 11.7 Å². The predicted molar refractivity (Wildman–Crippen MR) is 114 cm³/mol. The van der Waals surface area contributed by atoms with Crippen LogP contribution in [0.25, 0.3) is 0 Å². The van der Waals surface area contributed by atoms with E-state index in [4.69, 9.17) is 0 Å². The lowest BCUT2D eigenvalue weighted by molar-refractivity contribution is 0.124. The first-order chi connectivity index (χ1) is 13.5. The van der Waals surface area contributed by atoms with Crippen molar-refractivity contribution in [3.63, 3.8) is 0 Å². The van der Waals surface area contributed by atoms with Gasteiger partial charge < -0.3 is 20.4 Å². The van der Waals surface area contributed by atoms with Crippen LogP contribution in [0.1, 0.15) is 32.3 Å². The lowest BCUT2D eigenvalue weighted by atomic mass is 9.96. The SMILES string of the molecule is CCN1CCN(CC(C)CNC(=NC)NCC2(c3cccc(F)c3)CC2)CC1. The molecule has 2 N–H and O–H groups in total. The Morgan fingerprint density at radius 2 is 1.89 bits per heavy atom. The van der Waals surface area contributed by atoms with Gasteiger partial charge in [0.25, 0.3) is 0 Å². The molecular weight excluding hydrogens is 353 g/mol. The quantitative estimate of drug-likeness (QED) is 0.529. The van der Waals surface area contributed by atoms with Crippen LogP contribution in [0.4, 0.5) is 4.39 Å². The van der Waals surface area contributed by atoms with Crippen molar-refractivity contribution in [3.8, 4) is 0 Å². The molecule has 1 heterocycles. The van der Waals surface area contributed by atoms with Gasteiger partial charge in [-0.15, -0.1) is 0 Å². The Morgan fingerprint density at radius 3 is 2.50 bits per heavy atom. The summed E-state index contributed by atoms with van der Waals surface area (Å²) in [7, 11) is 1.81. The molecular formula is C22H36FN5. The van der Waals surface area contributed by atoms with Crippen molar-refractivity contribution in [2.45, 2.75) is 32.1 Å². The predicted octanol–water partition coefficient (Wildman–Crippen LogP) is 2.30. The second kappa shape index (κ2) is 9.70. The number of benzene rings is 1. The molecule has 0 amide bonds. The van der Waals surface area contributed by atoms with Crippen molar-refractivity contribution < 1.29 is 4.39 Å². The lowest BCUT2D eigenvalue weighted by Crippen LogP contribution is -2.49. The summed E-state index contributed by atoms with van der Waals surface area (Å²) < 4.78 is 13.6. The summed E-state index contributed by atoms with van der Waals surface area (Å²) in [5.74, 6) is 1.25. The van der Waals surface area contributed by atoms with Crippen LogP contribution in [-0.2, 0) is 5.41 Å². The second-order valence-corrected chi connectivity index (χ2v) is 8.44. The summed E-state index contributed by atoms with van der Waals surface area (Å²) in [6.07, 6.45) is 2.20. The third-order valence-electron chi connectivity index (χ3n) is 6.21. The molecule has 1 aromatic carbocycles. The fraction of sp³-hybridized carbons (Fsp3) is 0.682. The molecule has 0 spiro atoms. The van der Waals surface area contributed by atoms with Gasteiger partial charge in [0.05, 0.1) is 0 Å². The summed E-state index contributed by atoms with van der Waals surface area (Å²) in [6, 6.07) is 7.02. The van der Waals surface area contributed by atoms with Crippen LogP contribution in [0.2, 0.25) is 0 Å². The van der Waals surface area contributed by atoms with Crippen molar-refractivity contribution >= 4 is 5.96 Å². The van der Waals surface area contributed by atoms with Crippen molar-refractivity contribution in [1.82, 2.24) is 20.4 Å². The molecule has 1 unspecified atom stereocenters. The van der Waals surface area contributed by atoms with Crippen LogP contribution in [0.15, 0.2) is 29.3 Å². The van der Waals surface area contributed by atoms with Gasteiger partial charge in [0.1, 0.15) is 5.82 Å². The van der Waals surface area contributed by atoms with E-state index in [0.717, 1.165) is 50.5 Å². The molecule has 5 nitrogen and oxygen atoms in total. The minimum absolute atomic E-state index is 0.0598. The average Bonchev–Trinajstić information content (AvgIpc) is 3.50. The zero-order chi connectivity index (χ0) is 20.0.